The molecular formula is C21H18N4O3S. The summed E-state index contributed by atoms with van der Waals surface area (Å²) in [6.07, 6.45) is 0. The number of nitrogens with one attached hydrogen (secondary N) is 1. The Kier molecular flexibility index (Phi) is 4.85. The highest BCUT2D eigenvalue weighted by Crippen LogP contribution is 2.29. The molecule has 0 aliphatic heterocycles. The molecule has 0 bridgehead atoms. The van der Waals surface area contributed by atoms with Gasteiger partial charge in [0.05, 0.1) is 5.52 Å². The summed E-state index contributed by atoms with van der Waals surface area (Å²) in [6, 6.07) is 14.7. The maximum Gasteiger partial charge on any atom is 0.267 e. The summed E-state index contributed by atoms with van der Waals surface area (Å²) in [5.74, 6) is -1.05. The van der Waals surface area contributed by atoms with Crippen LogP contribution in [0.4, 0.5) is 5.13 Å². The summed E-state index contributed by atoms with van der Waals surface area (Å²) in [4.78, 5) is 25.6. The number of anilines is 1. The lowest BCUT2D eigenvalue weighted by atomic mass is 10.1. The van der Waals surface area contributed by atoms with Crippen LogP contribution in [0.2, 0.25) is 0 Å². The standard InChI is InChI=1S/C21H18N4O3S/c1-3-25-15-7-5-4-6-14(15)17(26)16(20(25)28)18(27)22-21-24-23-19(29-21)13-10-8-12(2)9-11-13/h4-11,26H,3H2,1-2H3,(H,22,24,27). The first kappa shape index (κ1) is 18.8. The van der Waals surface area contributed by atoms with E-state index in [-0.39, 0.29) is 16.4 Å². The van der Waals surface area contributed by atoms with Crippen LogP contribution in [0.3, 0.4) is 0 Å². The van der Waals surface area contributed by atoms with Crippen LogP contribution in [-0.4, -0.2) is 25.8 Å². The van der Waals surface area contributed by atoms with Crippen LogP contribution in [0.25, 0.3) is 21.5 Å². The second-order valence-corrected chi connectivity index (χ2v) is 7.50. The van der Waals surface area contributed by atoms with Crippen molar-refractivity contribution in [3.63, 3.8) is 0 Å². The Morgan fingerprint density at radius 2 is 1.86 bits per heavy atom. The predicted molar refractivity (Wildman–Crippen MR) is 114 cm³/mol. The number of aromatic nitrogens is 3. The summed E-state index contributed by atoms with van der Waals surface area (Å²) in [5.41, 5.74) is 1.73. The molecule has 2 aromatic carbocycles. The number of amides is 1. The maximum absolute atomic E-state index is 12.8. The second kappa shape index (κ2) is 7.48. The molecular weight excluding hydrogens is 388 g/mol. The monoisotopic (exact) mass is 406 g/mol. The number of aryl methyl sites for hydroxylation is 2. The maximum atomic E-state index is 12.8. The lowest BCUT2D eigenvalue weighted by molar-refractivity contribution is 0.102. The minimum Gasteiger partial charge on any atom is -0.506 e. The largest absolute Gasteiger partial charge is 0.506 e. The summed E-state index contributed by atoms with van der Waals surface area (Å²) in [6.45, 7) is 4.18. The molecule has 0 spiro atoms. The van der Waals surface area contributed by atoms with Gasteiger partial charge in [0.25, 0.3) is 11.5 Å². The molecule has 29 heavy (non-hydrogen) atoms. The van der Waals surface area contributed by atoms with E-state index in [4.69, 9.17) is 0 Å². The fraction of sp³-hybridized carbons (Fsp3) is 0.143. The average molecular weight is 406 g/mol. The molecule has 146 valence electrons. The third-order valence-electron chi connectivity index (χ3n) is 4.63. The highest BCUT2D eigenvalue weighted by Gasteiger charge is 2.23. The number of rotatable bonds is 4. The zero-order valence-electron chi connectivity index (χ0n) is 15.8. The van der Waals surface area contributed by atoms with Crippen LogP contribution >= 0.6 is 11.3 Å². The zero-order valence-corrected chi connectivity index (χ0v) is 16.7. The quantitative estimate of drug-likeness (QED) is 0.537. The number of carbonyl (C=O) groups excluding carboxylic acids is 1. The number of benzene rings is 2. The average Bonchev–Trinajstić information content (AvgIpc) is 3.17. The Labute approximate surface area is 170 Å². The SMILES string of the molecule is CCn1c(=O)c(C(=O)Nc2nnc(-c3ccc(C)cc3)s2)c(O)c2ccccc21. The van der Waals surface area contributed by atoms with Crippen molar-refractivity contribution in [2.24, 2.45) is 0 Å². The van der Waals surface area contributed by atoms with Crippen LogP contribution in [-0.2, 0) is 6.54 Å². The Balaban J connectivity index is 1.70. The van der Waals surface area contributed by atoms with Crippen LogP contribution in [0, 0.1) is 6.92 Å². The van der Waals surface area contributed by atoms with Crippen LogP contribution in [0.15, 0.2) is 53.3 Å². The molecule has 0 radical (unpaired) electrons. The molecule has 2 heterocycles. The number of hydrogen-bond acceptors (Lipinski definition) is 6. The van der Waals surface area contributed by atoms with Gasteiger partial charge in [0.1, 0.15) is 16.3 Å². The minimum atomic E-state index is -0.716. The molecule has 7 nitrogen and oxygen atoms in total. The Bertz CT molecular complexity index is 1280. The molecule has 8 heteroatoms. The fourth-order valence-electron chi connectivity index (χ4n) is 3.15. The van der Waals surface area contributed by atoms with E-state index in [1.807, 2.05) is 38.1 Å². The summed E-state index contributed by atoms with van der Waals surface area (Å²) in [5, 5.41) is 22.6. The first-order valence-electron chi connectivity index (χ1n) is 9.06. The molecule has 0 aliphatic rings. The molecule has 0 fully saturated rings. The fourth-order valence-corrected chi connectivity index (χ4v) is 3.90. The molecule has 0 saturated carbocycles. The van der Waals surface area contributed by atoms with Gasteiger partial charge in [-0.3, -0.25) is 14.9 Å². The molecule has 4 aromatic rings. The van der Waals surface area contributed by atoms with Gasteiger partial charge < -0.3 is 9.67 Å². The van der Waals surface area contributed by atoms with Crippen LogP contribution in [0.1, 0.15) is 22.8 Å². The van der Waals surface area contributed by atoms with E-state index in [1.165, 1.54) is 15.9 Å². The van der Waals surface area contributed by atoms with Gasteiger partial charge in [0.15, 0.2) is 0 Å². The highest BCUT2D eigenvalue weighted by atomic mass is 32.1. The zero-order chi connectivity index (χ0) is 20.5. The van der Waals surface area contributed by atoms with E-state index in [0.29, 0.717) is 22.5 Å². The molecule has 1 amide bonds. The Hall–Kier alpha value is -3.52. The van der Waals surface area contributed by atoms with Gasteiger partial charge in [-0.2, -0.15) is 0 Å². The molecule has 4 rings (SSSR count). The predicted octanol–water partition coefficient (Wildman–Crippen LogP) is 3.81. The third-order valence-corrected chi connectivity index (χ3v) is 5.52. The number of aromatic hydroxyl groups is 1. The normalized spacial score (nSPS) is 11.0. The first-order valence-corrected chi connectivity index (χ1v) is 9.87. The first-order chi connectivity index (χ1) is 14.0. The van der Waals surface area contributed by atoms with Crippen molar-refractivity contribution in [2.75, 3.05) is 5.32 Å². The van der Waals surface area contributed by atoms with Gasteiger partial charge in [-0.1, -0.05) is 53.3 Å². The third kappa shape index (κ3) is 3.38. The number of nitrogens with zero attached hydrogens (tertiary/aromatic N) is 3. The van der Waals surface area contributed by atoms with Crippen molar-refractivity contribution < 1.29 is 9.90 Å². The number of fused-ring (bicyclic) bond motifs is 1. The molecule has 0 atom stereocenters. The van der Waals surface area contributed by atoms with Gasteiger partial charge in [0.2, 0.25) is 5.13 Å². The Morgan fingerprint density at radius 3 is 2.59 bits per heavy atom. The molecule has 0 saturated heterocycles. The van der Waals surface area contributed by atoms with Gasteiger partial charge in [-0.25, -0.2) is 0 Å². The van der Waals surface area contributed by atoms with Gasteiger partial charge in [0, 0.05) is 17.5 Å². The van der Waals surface area contributed by atoms with Crippen molar-refractivity contribution >= 4 is 33.3 Å². The van der Waals surface area contributed by atoms with Crippen molar-refractivity contribution in [3.05, 3.63) is 70.0 Å². The molecule has 0 unspecified atom stereocenters. The number of carbonyl (C=O) groups is 1. The smallest absolute Gasteiger partial charge is 0.267 e. The van der Waals surface area contributed by atoms with E-state index in [0.717, 1.165) is 11.1 Å². The Morgan fingerprint density at radius 1 is 1.14 bits per heavy atom. The van der Waals surface area contributed by atoms with Crippen molar-refractivity contribution in [1.82, 2.24) is 14.8 Å². The summed E-state index contributed by atoms with van der Waals surface area (Å²) < 4.78 is 1.46. The summed E-state index contributed by atoms with van der Waals surface area (Å²) in [7, 11) is 0. The van der Waals surface area contributed by atoms with Gasteiger partial charge in [-0.05, 0) is 26.0 Å². The van der Waals surface area contributed by atoms with E-state index < -0.39 is 11.5 Å². The van der Waals surface area contributed by atoms with Crippen LogP contribution in [0.5, 0.6) is 5.75 Å². The van der Waals surface area contributed by atoms with E-state index in [2.05, 4.69) is 15.5 Å². The van der Waals surface area contributed by atoms with E-state index in [1.54, 1.807) is 24.3 Å². The molecule has 2 N–H and O–H groups in total. The topological polar surface area (TPSA) is 97.1 Å². The summed E-state index contributed by atoms with van der Waals surface area (Å²) >= 11 is 1.20. The lowest BCUT2D eigenvalue weighted by Crippen LogP contribution is -2.29. The molecule has 2 aromatic heterocycles. The lowest BCUT2D eigenvalue weighted by Gasteiger charge is -2.12. The van der Waals surface area contributed by atoms with Crippen molar-refractivity contribution in [1.29, 1.82) is 0 Å². The van der Waals surface area contributed by atoms with Crippen LogP contribution < -0.4 is 10.9 Å². The van der Waals surface area contributed by atoms with E-state index >= 15 is 0 Å². The minimum absolute atomic E-state index is 0.251. The number of para-hydroxylation sites is 1. The second-order valence-electron chi connectivity index (χ2n) is 6.52. The number of pyridine rings is 1. The number of hydrogen-bond donors (Lipinski definition) is 2. The highest BCUT2D eigenvalue weighted by molar-refractivity contribution is 7.18. The van der Waals surface area contributed by atoms with E-state index in [9.17, 15) is 14.7 Å². The van der Waals surface area contributed by atoms with Gasteiger partial charge >= 0.3 is 0 Å². The van der Waals surface area contributed by atoms with Crippen molar-refractivity contribution in [3.8, 4) is 16.3 Å². The molecule has 0 aliphatic carbocycles. The van der Waals surface area contributed by atoms with Gasteiger partial charge in [-0.15, -0.1) is 10.2 Å². The van der Waals surface area contributed by atoms with Crippen molar-refractivity contribution in [2.45, 2.75) is 20.4 Å².